The fourth-order valence-electron chi connectivity index (χ4n) is 1.50. The average molecular weight is 214 g/mol. The third kappa shape index (κ3) is 8.43. The second-order valence-corrected chi connectivity index (χ2v) is 4.93. The van der Waals surface area contributed by atoms with Crippen LogP contribution in [0.15, 0.2) is 0 Å². The van der Waals surface area contributed by atoms with E-state index in [2.05, 4.69) is 31.4 Å². The van der Waals surface area contributed by atoms with Crippen LogP contribution in [0.1, 0.15) is 41.0 Å². The van der Waals surface area contributed by atoms with Gasteiger partial charge in [-0.2, -0.15) is 0 Å². The Bertz CT molecular complexity index is 178. The highest BCUT2D eigenvalue weighted by molar-refractivity contribution is 5.77. The monoisotopic (exact) mass is 214 g/mol. The molecule has 1 atom stereocenters. The summed E-state index contributed by atoms with van der Waals surface area (Å²) in [4.78, 5) is 11.2. The van der Waals surface area contributed by atoms with E-state index in [4.69, 9.17) is 0 Å². The molecule has 0 aliphatic heterocycles. The molecule has 15 heavy (non-hydrogen) atoms. The van der Waals surface area contributed by atoms with Crippen molar-refractivity contribution in [3.8, 4) is 0 Å². The minimum absolute atomic E-state index is 0.0816. The van der Waals surface area contributed by atoms with Gasteiger partial charge in [0.1, 0.15) is 0 Å². The number of amides is 1. The molecule has 0 fully saturated rings. The second-order valence-electron chi connectivity index (χ2n) is 4.93. The van der Waals surface area contributed by atoms with Gasteiger partial charge < -0.3 is 10.6 Å². The van der Waals surface area contributed by atoms with E-state index in [-0.39, 0.29) is 11.8 Å². The van der Waals surface area contributed by atoms with Gasteiger partial charge in [-0.1, -0.05) is 27.7 Å². The highest BCUT2D eigenvalue weighted by atomic mass is 16.1. The molecule has 0 aromatic rings. The molecule has 90 valence electrons. The lowest BCUT2D eigenvalue weighted by atomic mass is 10.1. The van der Waals surface area contributed by atoms with Crippen molar-refractivity contribution in [2.75, 3.05) is 13.1 Å². The van der Waals surface area contributed by atoms with Crippen molar-refractivity contribution in [1.29, 1.82) is 0 Å². The van der Waals surface area contributed by atoms with Gasteiger partial charge in [0.15, 0.2) is 0 Å². The Labute approximate surface area is 94.0 Å². The molecule has 0 aliphatic carbocycles. The van der Waals surface area contributed by atoms with Crippen LogP contribution in [0.4, 0.5) is 0 Å². The van der Waals surface area contributed by atoms with E-state index in [1.54, 1.807) is 0 Å². The first kappa shape index (κ1) is 14.4. The first-order valence-electron chi connectivity index (χ1n) is 5.94. The number of hydrogen-bond acceptors (Lipinski definition) is 2. The number of carbonyl (C=O) groups excluding carboxylic acids is 1. The quantitative estimate of drug-likeness (QED) is 0.634. The summed E-state index contributed by atoms with van der Waals surface area (Å²) >= 11 is 0. The summed E-state index contributed by atoms with van der Waals surface area (Å²) in [5, 5.41) is 6.28. The topological polar surface area (TPSA) is 41.1 Å². The molecule has 0 aliphatic rings. The van der Waals surface area contributed by atoms with E-state index in [1.807, 2.05) is 13.8 Å². The van der Waals surface area contributed by atoms with Crippen LogP contribution in [0.2, 0.25) is 0 Å². The summed E-state index contributed by atoms with van der Waals surface area (Å²) in [6, 6.07) is 0.529. The van der Waals surface area contributed by atoms with E-state index in [0.29, 0.717) is 6.04 Å². The smallest absolute Gasteiger partial charge is 0.222 e. The summed E-state index contributed by atoms with van der Waals surface area (Å²) < 4.78 is 0. The van der Waals surface area contributed by atoms with Gasteiger partial charge in [0, 0.05) is 25.0 Å². The lowest BCUT2D eigenvalue weighted by Crippen LogP contribution is -2.37. The third-order valence-electron chi connectivity index (χ3n) is 2.27. The minimum atomic E-state index is 0.0816. The molecule has 1 amide bonds. The van der Waals surface area contributed by atoms with E-state index in [1.165, 1.54) is 6.42 Å². The fourth-order valence-corrected chi connectivity index (χ4v) is 1.50. The molecule has 0 saturated heterocycles. The maximum absolute atomic E-state index is 11.2. The molecule has 0 radical (unpaired) electrons. The molecular weight excluding hydrogens is 188 g/mol. The summed E-state index contributed by atoms with van der Waals surface area (Å²) in [5.41, 5.74) is 0. The summed E-state index contributed by atoms with van der Waals surface area (Å²) in [7, 11) is 0. The molecule has 2 N–H and O–H groups in total. The van der Waals surface area contributed by atoms with Crippen molar-refractivity contribution >= 4 is 5.91 Å². The molecule has 3 heteroatoms. The Balaban J connectivity index is 3.42. The van der Waals surface area contributed by atoms with Crippen molar-refractivity contribution in [2.45, 2.75) is 47.1 Å². The number of rotatable bonds is 7. The van der Waals surface area contributed by atoms with Crippen molar-refractivity contribution in [3.63, 3.8) is 0 Å². The van der Waals surface area contributed by atoms with Crippen LogP contribution in [0.25, 0.3) is 0 Å². The third-order valence-corrected chi connectivity index (χ3v) is 2.27. The van der Waals surface area contributed by atoms with Crippen LogP contribution >= 0.6 is 0 Å². The van der Waals surface area contributed by atoms with E-state index in [9.17, 15) is 4.79 Å². The Kier molecular flexibility index (Phi) is 7.39. The van der Waals surface area contributed by atoms with Crippen molar-refractivity contribution in [3.05, 3.63) is 0 Å². The molecule has 0 spiro atoms. The largest absolute Gasteiger partial charge is 0.355 e. The van der Waals surface area contributed by atoms with Crippen LogP contribution < -0.4 is 10.6 Å². The Morgan fingerprint density at radius 3 is 2.13 bits per heavy atom. The maximum atomic E-state index is 11.2. The highest BCUT2D eigenvalue weighted by Crippen LogP contribution is 2.02. The van der Waals surface area contributed by atoms with E-state index < -0.39 is 0 Å². The molecule has 0 bridgehead atoms. The van der Waals surface area contributed by atoms with Gasteiger partial charge in [-0.25, -0.2) is 0 Å². The van der Waals surface area contributed by atoms with E-state index >= 15 is 0 Å². The minimum Gasteiger partial charge on any atom is -0.355 e. The van der Waals surface area contributed by atoms with E-state index in [0.717, 1.165) is 19.0 Å². The molecule has 0 rings (SSSR count). The molecule has 0 aromatic carbocycles. The molecule has 3 nitrogen and oxygen atoms in total. The van der Waals surface area contributed by atoms with Crippen LogP contribution in [0.3, 0.4) is 0 Å². The van der Waals surface area contributed by atoms with Gasteiger partial charge in [-0.15, -0.1) is 0 Å². The molecule has 0 aromatic heterocycles. The first-order valence-corrected chi connectivity index (χ1v) is 5.94. The van der Waals surface area contributed by atoms with Crippen LogP contribution in [-0.4, -0.2) is 25.0 Å². The zero-order chi connectivity index (χ0) is 11.8. The average Bonchev–Trinajstić information content (AvgIpc) is 2.10. The fraction of sp³-hybridized carbons (Fsp3) is 0.917. The number of nitrogens with one attached hydrogen (secondary N) is 2. The predicted octanol–water partition coefficient (Wildman–Crippen LogP) is 1.78. The second kappa shape index (κ2) is 7.69. The lowest BCUT2D eigenvalue weighted by molar-refractivity contribution is -0.123. The van der Waals surface area contributed by atoms with Gasteiger partial charge in [0.25, 0.3) is 0 Å². The Morgan fingerprint density at radius 2 is 1.67 bits per heavy atom. The van der Waals surface area contributed by atoms with Gasteiger partial charge in [0.2, 0.25) is 5.91 Å². The van der Waals surface area contributed by atoms with Gasteiger partial charge in [0.05, 0.1) is 0 Å². The van der Waals surface area contributed by atoms with Crippen LogP contribution in [-0.2, 0) is 4.79 Å². The Hall–Kier alpha value is -0.570. The lowest BCUT2D eigenvalue weighted by Gasteiger charge is -2.16. The zero-order valence-electron chi connectivity index (χ0n) is 10.8. The van der Waals surface area contributed by atoms with Gasteiger partial charge >= 0.3 is 0 Å². The zero-order valence-corrected chi connectivity index (χ0v) is 10.8. The molecule has 1 unspecified atom stereocenters. The normalized spacial score (nSPS) is 13.3. The van der Waals surface area contributed by atoms with Crippen LogP contribution in [0, 0.1) is 11.8 Å². The first-order chi connectivity index (χ1) is 6.93. The predicted molar refractivity (Wildman–Crippen MR) is 64.8 cm³/mol. The van der Waals surface area contributed by atoms with Crippen molar-refractivity contribution in [1.82, 2.24) is 10.6 Å². The Morgan fingerprint density at radius 1 is 1.07 bits per heavy atom. The maximum Gasteiger partial charge on any atom is 0.222 e. The SMILES string of the molecule is CC(C)CC(C)NCCNC(=O)C(C)C. The van der Waals surface area contributed by atoms with Crippen molar-refractivity contribution < 1.29 is 4.79 Å². The number of carbonyl (C=O) groups is 1. The standard InChI is InChI=1S/C12H26N2O/c1-9(2)8-11(5)13-6-7-14-12(15)10(3)4/h9-11,13H,6-8H2,1-5H3,(H,14,15). The summed E-state index contributed by atoms with van der Waals surface area (Å²) in [5.74, 6) is 0.934. The highest BCUT2D eigenvalue weighted by Gasteiger charge is 2.06. The van der Waals surface area contributed by atoms with Crippen molar-refractivity contribution in [2.24, 2.45) is 11.8 Å². The summed E-state index contributed by atoms with van der Waals surface area (Å²) in [6.45, 7) is 12.0. The molecular formula is C12H26N2O. The number of hydrogen-bond donors (Lipinski definition) is 2. The molecule has 0 saturated carbocycles. The van der Waals surface area contributed by atoms with Gasteiger partial charge in [-0.3, -0.25) is 4.79 Å². The van der Waals surface area contributed by atoms with Gasteiger partial charge in [-0.05, 0) is 19.3 Å². The summed E-state index contributed by atoms with van der Waals surface area (Å²) in [6.07, 6.45) is 1.18. The molecule has 0 heterocycles. The van der Waals surface area contributed by atoms with Crippen LogP contribution in [0.5, 0.6) is 0 Å².